The lowest BCUT2D eigenvalue weighted by atomic mass is 9.85. The number of hydrogen-bond donors (Lipinski definition) is 0. The van der Waals surface area contributed by atoms with Gasteiger partial charge in [0.2, 0.25) is 0 Å². The van der Waals surface area contributed by atoms with E-state index in [1.54, 1.807) is 0 Å². The van der Waals surface area contributed by atoms with Crippen molar-refractivity contribution in [2.45, 2.75) is 25.2 Å². The maximum Gasteiger partial charge on any atom is 0.159 e. The van der Waals surface area contributed by atoms with Crippen LogP contribution in [-0.2, 0) is 0 Å². The predicted octanol–water partition coefficient (Wildman–Crippen LogP) is 11.8. The van der Waals surface area contributed by atoms with Gasteiger partial charge in [-0.05, 0) is 60.7 Å². The van der Waals surface area contributed by atoms with Gasteiger partial charge in [0, 0.05) is 38.4 Å². The lowest BCUT2D eigenvalue weighted by Gasteiger charge is -2.19. The van der Waals surface area contributed by atoms with E-state index in [0.29, 0.717) is 0 Å². The molecule has 0 bridgehead atoms. The van der Waals surface area contributed by atoms with Crippen LogP contribution in [0.3, 0.4) is 0 Å². The Morgan fingerprint density at radius 2 is 1.33 bits per heavy atom. The Labute approximate surface area is 259 Å². The Hall–Kier alpha value is -5.54. The molecule has 1 unspecified atom stereocenters. The maximum absolute atomic E-state index is 7.00. The van der Waals surface area contributed by atoms with E-state index in [4.69, 9.17) is 8.83 Å². The van der Waals surface area contributed by atoms with Crippen molar-refractivity contribution in [2.24, 2.45) is 0 Å². The zero-order valence-corrected chi connectivity index (χ0v) is 24.7. The fourth-order valence-electron chi connectivity index (χ4n) is 7.71. The summed E-state index contributed by atoms with van der Waals surface area (Å²) in [5, 5.41) is 6.88. The molecule has 3 heteroatoms. The van der Waals surface area contributed by atoms with Crippen molar-refractivity contribution in [1.29, 1.82) is 0 Å². The molecule has 0 saturated carbocycles. The molecule has 1 atom stereocenters. The minimum atomic E-state index is 0.257. The summed E-state index contributed by atoms with van der Waals surface area (Å²) in [4.78, 5) is 0. The molecule has 3 nitrogen and oxygen atoms in total. The van der Waals surface area contributed by atoms with Gasteiger partial charge in [0.05, 0.1) is 22.1 Å². The van der Waals surface area contributed by atoms with Gasteiger partial charge in [0.15, 0.2) is 5.58 Å². The Morgan fingerprint density at radius 3 is 2.24 bits per heavy atom. The number of rotatable bonds is 3. The van der Waals surface area contributed by atoms with Crippen molar-refractivity contribution >= 4 is 65.7 Å². The van der Waals surface area contributed by atoms with Crippen molar-refractivity contribution in [3.63, 3.8) is 0 Å². The summed E-state index contributed by atoms with van der Waals surface area (Å²) in [7, 11) is 0. The summed E-state index contributed by atoms with van der Waals surface area (Å²) < 4.78 is 15.9. The lowest BCUT2D eigenvalue weighted by molar-refractivity contribution is 0.660. The van der Waals surface area contributed by atoms with Crippen molar-refractivity contribution in [1.82, 2.24) is 4.57 Å². The smallest absolute Gasteiger partial charge is 0.159 e. The predicted molar refractivity (Wildman–Crippen MR) is 186 cm³/mol. The van der Waals surface area contributed by atoms with Crippen LogP contribution in [-0.4, -0.2) is 4.57 Å². The molecular weight excluding hydrogens is 550 g/mol. The Balaban J connectivity index is 1.23. The third-order valence-electron chi connectivity index (χ3n) is 9.75. The Kier molecular flexibility index (Phi) is 5.23. The molecule has 5 aromatic carbocycles. The largest absolute Gasteiger partial charge is 0.455 e. The first kappa shape index (κ1) is 24.9. The highest BCUT2D eigenvalue weighted by Gasteiger charge is 2.23. The lowest BCUT2D eigenvalue weighted by Crippen LogP contribution is -2.01. The summed E-state index contributed by atoms with van der Waals surface area (Å²) >= 11 is 0. The number of benzene rings is 5. The van der Waals surface area contributed by atoms with Crippen LogP contribution in [0.1, 0.15) is 30.7 Å². The van der Waals surface area contributed by atoms with Crippen LogP contribution >= 0.6 is 0 Å². The van der Waals surface area contributed by atoms with Gasteiger partial charge in [-0.25, -0.2) is 0 Å². The first-order valence-corrected chi connectivity index (χ1v) is 15.9. The zero-order chi connectivity index (χ0) is 29.5. The van der Waals surface area contributed by atoms with E-state index in [0.717, 1.165) is 79.9 Å². The molecule has 0 saturated heterocycles. The quantitative estimate of drug-likeness (QED) is 0.208. The van der Waals surface area contributed by atoms with Crippen molar-refractivity contribution in [3.05, 3.63) is 150 Å². The normalized spacial score (nSPS) is 16.9. The molecule has 0 spiro atoms. The second-order valence-corrected chi connectivity index (χ2v) is 12.3. The van der Waals surface area contributed by atoms with Crippen LogP contribution in [0.15, 0.2) is 153 Å². The van der Waals surface area contributed by atoms with Gasteiger partial charge in [-0.2, -0.15) is 0 Å². The molecule has 2 aliphatic rings. The molecule has 2 aliphatic carbocycles. The van der Waals surface area contributed by atoms with Crippen molar-refractivity contribution < 1.29 is 8.83 Å². The van der Waals surface area contributed by atoms with E-state index < -0.39 is 0 Å². The molecule has 45 heavy (non-hydrogen) atoms. The molecule has 0 N–H and O–H groups in total. The van der Waals surface area contributed by atoms with Crippen LogP contribution in [0.2, 0.25) is 0 Å². The molecule has 8 aromatic rings. The van der Waals surface area contributed by atoms with E-state index in [-0.39, 0.29) is 5.92 Å². The van der Waals surface area contributed by atoms with E-state index in [2.05, 4.69) is 126 Å². The second kappa shape index (κ2) is 9.48. The highest BCUT2D eigenvalue weighted by molar-refractivity contribution is 6.24. The Bertz CT molecular complexity index is 2630. The molecule has 214 valence electrons. The highest BCUT2D eigenvalue weighted by Crippen LogP contribution is 2.44. The van der Waals surface area contributed by atoms with E-state index >= 15 is 0 Å². The number of hydrogen-bond acceptors (Lipinski definition) is 2. The van der Waals surface area contributed by atoms with Crippen LogP contribution in [0, 0.1) is 0 Å². The summed E-state index contributed by atoms with van der Waals surface area (Å²) in [5.41, 5.74) is 10.9. The number of furan rings is 2. The molecular formula is C42H29NO2. The molecule has 0 aliphatic heterocycles. The van der Waals surface area contributed by atoms with E-state index in [9.17, 15) is 0 Å². The number of allylic oxidation sites excluding steroid dienone is 8. The summed E-state index contributed by atoms with van der Waals surface area (Å²) in [6.07, 6.45) is 17.1. The first-order valence-electron chi connectivity index (χ1n) is 15.9. The third kappa shape index (κ3) is 3.58. The number of aromatic nitrogens is 1. The van der Waals surface area contributed by atoms with Crippen LogP contribution in [0.5, 0.6) is 0 Å². The SMILES string of the molecule is C1=CC(C2=CC(c3cccc4c3oc3c4ccc4c3c3ccccc3n4-c3cccc4c3oc3ccccc34)CC=C2)=CCC1. The molecule has 0 fully saturated rings. The van der Waals surface area contributed by atoms with Crippen LogP contribution in [0.25, 0.3) is 71.4 Å². The number of nitrogens with zero attached hydrogens (tertiary/aromatic N) is 1. The molecule has 3 aromatic heterocycles. The topological polar surface area (TPSA) is 31.2 Å². The monoisotopic (exact) mass is 579 g/mol. The van der Waals surface area contributed by atoms with Gasteiger partial charge >= 0.3 is 0 Å². The Morgan fingerprint density at radius 1 is 0.556 bits per heavy atom. The molecule has 0 amide bonds. The minimum absolute atomic E-state index is 0.257. The van der Waals surface area contributed by atoms with E-state index in [1.165, 1.54) is 27.5 Å². The van der Waals surface area contributed by atoms with Gasteiger partial charge in [-0.1, -0.05) is 103 Å². The molecule has 10 rings (SSSR count). The van der Waals surface area contributed by atoms with Gasteiger partial charge in [0.25, 0.3) is 0 Å². The molecule has 0 radical (unpaired) electrons. The average Bonchev–Trinajstić information content (AvgIpc) is 3.78. The van der Waals surface area contributed by atoms with Gasteiger partial charge in [0.1, 0.15) is 16.7 Å². The highest BCUT2D eigenvalue weighted by atomic mass is 16.3. The van der Waals surface area contributed by atoms with Crippen LogP contribution in [0.4, 0.5) is 0 Å². The fraction of sp³-hybridized carbons (Fsp3) is 0.0952. The van der Waals surface area contributed by atoms with Crippen LogP contribution < -0.4 is 0 Å². The number of fused-ring (bicyclic) bond motifs is 10. The fourth-order valence-corrected chi connectivity index (χ4v) is 7.71. The molecule has 3 heterocycles. The maximum atomic E-state index is 7.00. The summed E-state index contributed by atoms with van der Waals surface area (Å²) in [6.45, 7) is 0. The second-order valence-electron chi connectivity index (χ2n) is 12.3. The third-order valence-corrected chi connectivity index (χ3v) is 9.75. The number of para-hydroxylation sites is 4. The first-order chi connectivity index (χ1) is 22.3. The summed E-state index contributed by atoms with van der Waals surface area (Å²) in [5.74, 6) is 0.257. The standard InChI is InChI=1S/C42H29NO2/c1-2-11-26(12-3-1)27-13-8-14-28(25-27)29-17-9-18-32-33-23-24-36-39(42(33)45-40(29)32)34-16-4-6-20-35(34)43(36)37-21-10-19-31-30-15-5-7-22-38(30)44-41(31)37/h2,4-13,15-25,28H,1,3,14H2. The van der Waals surface area contributed by atoms with Gasteiger partial charge < -0.3 is 13.4 Å². The van der Waals surface area contributed by atoms with E-state index in [1.807, 2.05) is 12.1 Å². The minimum Gasteiger partial charge on any atom is -0.455 e. The van der Waals surface area contributed by atoms with Gasteiger partial charge in [-0.15, -0.1) is 0 Å². The average molecular weight is 580 g/mol. The van der Waals surface area contributed by atoms with Gasteiger partial charge in [-0.3, -0.25) is 0 Å². The zero-order valence-electron chi connectivity index (χ0n) is 24.7. The van der Waals surface area contributed by atoms with Crippen molar-refractivity contribution in [3.8, 4) is 5.69 Å². The summed E-state index contributed by atoms with van der Waals surface area (Å²) in [6, 6.07) is 34.5. The van der Waals surface area contributed by atoms with Crippen molar-refractivity contribution in [2.75, 3.05) is 0 Å².